The Morgan fingerprint density at radius 1 is 1.00 bits per heavy atom. The lowest BCUT2D eigenvalue weighted by Gasteiger charge is -2.16. The molecule has 0 bridgehead atoms. The number of carbonyl (C=O) groups excluding carboxylic acids is 2. The average molecular weight is 306 g/mol. The third-order valence-corrected chi connectivity index (χ3v) is 3.85. The van der Waals surface area contributed by atoms with Gasteiger partial charge >= 0.3 is 0 Å². The molecule has 23 heavy (non-hydrogen) atoms. The molecule has 116 valence electrons. The molecule has 3 rings (SSSR count). The van der Waals surface area contributed by atoms with E-state index in [1.807, 2.05) is 18.2 Å². The van der Waals surface area contributed by atoms with E-state index in [0.29, 0.717) is 28.9 Å². The average Bonchev–Trinajstić information content (AvgIpc) is 2.57. The molecule has 0 spiro atoms. The quantitative estimate of drug-likeness (QED) is 0.669. The lowest BCUT2D eigenvalue weighted by atomic mass is 10.0. The SMILES string of the molecule is Nc1ccc(C(=O)c2ccccc2)cc1NC1=CC(=O)CCC1. The Hall–Kier alpha value is -2.88. The summed E-state index contributed by atoms with van der Waals surface area (Å²) >= 11 is 0. The van der Waals surface area contributed by atoms with E-state index in [1.165, 1.54) is 0 Å². The lowest BCUT2D eigenvalue weighted by Crippen LogP contribution is -2.11. The van der Waals surface area contributed by atoms with Crippen LogP contribution in [0, 0.1) is 0 Å². The number of anilines is 2. The van der Waals surface area contributed by atoms with E-state index < -0.39 is 0 Å². The van der Waals surface area contributed by atoms with Crippen molar-refractivity contribution in [2.45, 2.75) is 19.3 Å². The Morgan fingerprint density at radius 2 is 1.78 bits per heavy atom. The highest BCUT2D eigenvalue weighted by Gasteiger charge is 2.14. The predicted molar refractivity (Wildman–Crippen MR) is 91.3 cm³/mol. The second kappa shape index (κ2) is 6.48. The molecule has 0 amide bonds. The predicted octanol–water partition coefficient (Wildman–Crippen LogP) is 3.55. The zero-order chi connectivity index (χ0) is 16.2. The van der Waals surface area contributed by atoms with Crippen LogP contribution in [0.25, 0.3) is 0 Å². The van der Waals surface area contributed by atoms with Gasteiger partial charge < -0.3 is 11.1 Å². The fourth-order valence-corrected chi connectivity index (χ4v) is 2.63. The number of rotatable bonds is 4. The monoisotopic (exact) mass is 306 g/mol. The highest BCUT2D eigenvalue weighted by atomic mass is 16.1. The molecule has 1 aliphatic rings. The molecule has 0 unspecified atom stereocenters. The molecule has 0 heterocycles. The zero-order valence-electron chi connectivity index (χ0n) is 12.7. The van der Waals surface area contributed by atoms with Crippen LogP contribution in [-0.4, -0.2) is 11.6 Å². The van der Waals surface area contributed by atoms with Gasteiger partial charge in [0.1, 0.15) is 0 Å². The van der Waals surface area contributed by atoms with E-state index >= 15 is 0 Å². The summed E-state index contributed by atoms with van der Waals surface area (Å²) in [5.41, 5.74) is 9.25. The topological polar surface area (TPSA) is 72.2 Å². The van der Waals surface area contributed by atoms with Gasteiger partial charge in [-0.2, -0.15) is 0 Å². The Morgan fingerprint density at radius 3 is 2.52 bits per heavy atom. The van der Waals surface area contributed by atoms with E-state index in [0.717, 1.165) is 18.5 Å². The van der Waals surface area contributed by atoms with Gasteiger partial charge in [-0.05, 0) is 31.0 Å². The molecule has 0 saturated carbocycles. The van der Waals surface area contributed by atoms with Crippen LogP contribution >= 0.6 is 0 Å². The maximum Gasteiger partial charge on any atom is 0.193 e. The first-order chi connectivity index (χ1) is 11.1. The third kappa shape index (κ3) is 3.48. The van der Waals surface area contributed by atoms with Crippen molar-refractivity contribution in [2.24, 2.45) is 0 Å². The minimum atomic E-state index is -0.0534. The molecule has 0 atom stereocenters. The highest BCUT2D eigenvalue weighted by molar-refractivity contribution is 6.09. The van der Waals surface area contributed by atoms with Crippen molar-refractivity contribution in [3.05, 3.63) is 71.4 Å². The molecule has 0 radical (unpaired) electrons. The van der Waals surface area contributed by atoms with Crippen LogP contribution in [-0.2, 0) is 4.79 Å². The number of nitrogens with one attached hydrogen (secondary N) is 1. The van der Waals surface area contributed by atoms with Gasteiger partial charge in [0, 0.05) is 29.3 Å². The van der Waals surface area contributed by atoms with Gasteiger partial charge in [-0.1, -0.05) is 30.3 Å². The van der Waals surface area contributed by atoms with Crippen LogP contribution in [0.4, 0.5) is 11.4 Å². The van der Waals surface area contributed by atoms with Crippen molar-refractivity contribution in [1.29, 1.82) is 0 Å². The number of ketones is 2. The number of nitrogen functional groups attached to an aromatic ring is 1. The number of carbonyl (C=O) groups is 2. The molecule has 2 aromatic carbocycles. The first kappa shape index (κ1) is 15.0. The summed E-state index contributed by atoms with van der Waals surface area (Å²) in [5, 5.41) is 3.19. The summed E-state index contributed by atoms with van der Waals surface area (Å²) in [6, 6.07) is 14.3. The Kier molecular flexibility index (Phi) is 4.24. The van der Waals surface area contributed by atoms with E-state index in [2.05, 4.69) is 5.32 Å². The molecule has 3 N–H and O–H groups in total. The van der Waals surface area contributed by atoms with Crippen molar-refractivity contribution in [1.82, 2.24) is 0 Å². The molecular weight excluding hydrogens is 288 g/mol. The second-order valence-electron chi connectivity index (χ2n) is 5.61. The maximum atomic E-state index is 12.5. The molecular formula is C19H18N2O2. The van der Waals surface area contributed by atoms with Crippen molar-refractivity contribution >= 4 is 22.9 Å². The molecule has 0 aromatic heterocycles. The van der Waals surface area contributed by atoms with Crippen LogP contribution in [0.5, 0.6) is 0 Å². The largest absolute Gasteiger partial charge is 0.397 e. The van der Waals surface area contributed by atoms with Crippen LogP contribution in [0.15, 0.2) is 60.3 Å². The third-order valence-electron chi connectivity index (χ3n) is 3.85. The Labute approximate surface area is 135 Å². The lowest BCUT2D eigenvalue weighted by molar-refractivity contribution is -0.115. The molecule has 0 fully saturated rings. The van der Waals surface area contributed by atoms with Gasteiger partial charge in [0.15, 0.2) is 11.6 Å². The van der Waals surface area contributed by atoms with E-state index in [-0.39, 0.29) is 11.6 Å². The minimum Gasteiger partial charge on any atom is -0.397 e. The Balaban J connectivity index is 1.87. The van der Waals surface area contributed by atoms with E-state index in [4.69, 9.17) is 5.73 Å². The molecule has 1 aliphatic carbocycles. The summed E-state index contributed by atoms with van der Waals surface area (Å²) in [6.45, 7) is 0. The van der Waals surface area contributed by atoms with Crippen molar-refractivity contribution in [3.63, 3.8) is 0 Å². The molecule has 0 saturated heterocycles. The van der Waals surface area contributed by atoms with Gasteiger partial charge in [0.2, 0.25) is 0 Å². The normalized spacial score (nSPS) is 14.3. The summed E-state index contributed by atoms with van der Waals surface area (Å²) in [7, 11) is 0. The van der Waals surface area contributed by atoms with Crippen molar-refractivity contribution in [2.75, 3.05) is 11.1 Å². The minimum absolute atomic E-state index is 0.0534. The van der Waals surface area contributed by atoms with Gasteiger partial charge in [0.25, 0.3) is 0 Å². The summed E-state index contributed by atoms with van der Waals surface area (Å²) in [4.78, 5) is 24.0. The fourth-order valence-electron chi connectivity index (χ4n) is 2.63. The highest BCUT2D eigenvalue weighted by Crippen LogP contribution is 2.26. The summed E-state index contributed by atoms with van der Waals surface area (Å²) in [6.07, 6.45) is 3.85. The summed E-state index contributed by atoms with van der Waals surface area (Å²) in [5.74, 6) is 0.0659. The van der Waals surface area contributed by atoms with Gasteiger partial charge in [0.05, 0.1) is 11.4 Å². The maximum absolute atomic E-state index is 12.5. The van der Waals surface area contributed by atoms with Crippen LogP contribution in [0.3, 0.4) is 0 Å². The second-order valence-corrected chi connectivity index (χ2v) is 5.61. The number of nitrogens with two attached hydrogens (primary N) is 1. The zero-order valence-corrected chi connectivity index (χ0v) is 12.7. The van der Waals surface area contributed by atoms with Crippen LogP contribution in [0.1, 0.15) is 35.2 Å². The van der Waals surface area contributed by atoms with E-state index in [9.17, 15) is 9.59 Å². The molecule has 4 nitrogen and oxygen atoms in total. The van der Waals surface area contributed by atoms with Gasteiger partial charge in [-0.15, -0.1) is 0 Å². The first-order valence-corrected chi connectivity index (χ1v) is 7.63. The first-order valence-electron chi connectivity index (χ1n) is 7.63. The summed E-state index contributed by atoms with van der Waals surface area (Å²) < 4.78 is 0. The fraction of sp³-hybridized carbons (Fsp3) is 0.158. The van der Waals surface area contributed by atoms with E-state index in [1.54, 1.807) is 36.4 Å². The number of hydrogen-bond acceptors (Lipinski definition) is 4. The Bertz CT molecular complexity index is 779. The van der Waals surface area contributed by atoms with Crippen LogP contribution in [0.2, 0.25) is 0 Å². The number of hydrogen-bond donors (Lipinski definition) is 2. The number of allylic oxidation sites excluding steroid dienone is 2. The van der Waals surface area contributed by atoms with Gasteiger partial charge in [-0.25, -0.2) is 0 Å². The molecule has 4 heteroatoms. The smallest absolute Gasteiger partial charge is 0.193 e. The molecule has 0 aliphatic heterocycles. The van der Waals surface area contributed by atoms with Gasteiger partial charge in [-0.3, -0.25) is 9.59 Å². The van der Waals surface area contributed by atoms with Crippen LogP contribution < -0.4 is 11.1 Å². The number of benzene rings is 2. The van der Waals surface area contributed by atoms with Crippen molar-refractivity contribution < 1.29 is 9.59 Å². The van der Waals surface area contributed by atoms with Crippen molar-refractivity contribution in [3.8, 4) is 0 Å². The molecule has 2 aromatic rings. The standard InChI is InChI=1S/C19H18N2O2/c20-17-10-9-14(19(23)13-5-2-1-3-6-13)11-18(17)21-15-7-4-8-16(22)12-15/h1-3,5-6,9-12,21H,4,7-8,20H2.